The predicted octanol–water partition coefficient (Wildman–Crippen LogP) is 6.33. The number of amides is 1. The summed E-state index contributed by atoms with van der Waals surface area (Å²) in [4.78, 5) is 25.9. The minimum absolute atomic E-state index is 0.0795. The number of benzene rings is 2. The number of halogens is 7. The molecule has 0 radical (unpaired) electrons. The molecule has 1 N–H and O–H groups in total. The maximum atomic E-state index is 14.7. The van der Waals surface area contributed by atoms with Crippen molar-refractivity contribution in [1.29, 1.82) is 0 Å². The Kier molecular flexibility index (Phi) is 8.68. The van der Waals surface area contributed by atoms with E-state index < -0.39 is 68.4 Å². The fourth-order valence-electron chi connectivity index (χ4n) is 6.05. The average Bonchev–Trinajstić information content (AvgIpc) is 3.43. The van der Waals surface area contributed by atoms with E-state index >= 15 is 0 Å². The van der Waals surface area contributed by atoms with Crippen molar-refractivity contribution in [1.82, 2.24) is 4.90 Å². The topological polar surface area (TPSA) is 91.8 Å². The van der Waals surface area contributed by atoms with Crippen LogP contribution in [0.5, 0.6) is 0 Å². The zero-order chi connectivity index (χ0) is 32.0. The highest BCUT2D eigenvalue weighted by molar-refractivity contribution is 7.92. The Balaban J connectivity index is 1.75. The molecule has 1 saturated carbocycles. The van der Waals surface area contributed by atoms with Crippen LogP contribution < -0.4 is 0 Å². The van der Waals surface area contributed by atoms with Crippen molar-refractivity contribution in [3.8, 4) is 0 Å². The largest absolute Gasteiger partial charge is 0.481 e. The van der Waals surface area contributed by atoms with Gasteiger partial charge in [0.1, 0.15) is 4.75 Å². The lowest BCUT2D eigenvalue weighted by atomic mass is 9.81. The van der Waals surface area contributed by atoms with E-state index in [9.17, 15) is 53.8 Å². The van der Waals surface area contributed by atoms with Gasteiger partial charge in [-0.2, -0.15) is 26.3 Å². The van der Waals surface area contributed by atoms with E-state index in [2.05, 4.69) is 0 Å². The van der Waals surface area contributed by atoms with E-state index in [1.807, 2.05) is 6.92 Å². The van der Waals surface area contributed by atoms with Gasteiger partial charge in [-0.05, 0) is 61.8 Å². The predicted molar refractivity (Wildman–Crippen MR) is 140 cm³/mol. The van der Waals surface area contributed by atoms with Gasteiger partial charge in [-0.1, -0.05) is 43.3 Å². The molecule has 4 rings (SSSR count). The van der Waals surface area contributed by atoms with Gasteiger partial charge in [0, 0.05) is 24.6 Å². The van der Waals surface area contributed by atoms with Gasteiger partial charge >= 0.3 is 24.0 Å². The minimum atomic E-state index is -6.34. The second kappa shape index (κ2) is 11.4. The van der Waals surface area contributed by atoms with Gasteiger partial charge in [-0.25, -0.2) is 12.8 Å². The first-order valence-corrected chi connectivity index (χ1v) is 15.2. The van der Waals surface area contributed by atoms with E-state index in [1.165, 1.54) is 17.0 Å². The summed E-state index contributed by atoms with van der Waals surface area (Å²) in [6.07, 6.45) is -11.2. The average molecular weight is 638 g/mol. The first-order valence-electron chi connectivity index (χ1n) is 13.7. The molecular weight excluding hydrogens is 607 g/mol. The van der Waals surface area contributed by atoms with Crippen LogP contribution in [0.25, 0.3) is 0 Å². The van der Waals surface area contributed by atoms with Gasteiger partial charge in [0.25, 0.3) is 0 Å². The highest BCUT2D eigenvalue weighted by Crippen LogP contribution is 2.54. The maximum absolute atomic E-state index is 14.7. The van der Waals surface area contributed by atoms with Crippen LogP contribution in [0, 0.1) is 11.8 Å². The molecule has 2 aromatic rings. The Morgan fingerprint density at radius 3 is 1.84 bits per heavy atom. The van der Waals surface area contributed by atoms with E-state index in [0.717, 1.165) is 17.7 Å². The number of hydrogen-bond acceptors (Lipinski definition) is 4. The van der Waals surface area contributed by atoms with Crippen LogP contribution in [0.15, 0.2) is 53.4 Å². The Morgan fingerprint density at radius 2 is 1.37 bits per heavy atom. The van der Waals surface area contributed by atoms with Gasteiger partial charge in [0.15, 0.2) is 9.84 Å². The monoisotopic (exact) mass is 637 g/mol. The molecule has 236 valence electrons. The van der Waals surface area contributed by atoms with Crippen molar-refractivity contribution >= 4 is 21.7 Å². The summed E-state index contributed by atoms with van der Waals surface area (Å²) in [6.45, 7) is 1.33. The van der Waals surface area contributed by atoms with E-state index in [4.69, 9.17) is 0 Å². The molecule has 1 atom stereocenters. The van der Waals surface area contributed by atoms with Gasteiger partial charge in [0.05, 0.1) is 10.8 Å². The molecule has 1 aliphatic heterocycles. The first-order chi connectivity index (χ1) is 19.9. The van der Waals surface area contributed by atoms with E-state index in [0.29, 0.717) is 6.42 Å². The van der Waals surface area contributed by atoms with Gasteiger partial charge in [-0.15, -0.1) is 0 Å². The highest BCUT2D eigenvalue weighted by Gasteiger charge is 2.73. The molecule has 0 aromatic heterocycles. The fraction of sp³-hybridized carbons (Fsp3) is 0.517. The number of aliphatic carboxylic acids is 1. The molecule has 1 aliphatic carbocycles. The Hall–Kier alpha value is -3.16. The Labute approximate surface area is 243 Å². The molecular formula is C29H30F7NO5S. The van der Waals surface area contributed by atoms with Crippen molar-refractivity contribution in [2.45, 2.75) is 73.1 Å². The lowest BCUT2D eigenvalue weighted by Crippen LogP contribution is -2.50. The van der Waals surface area contributed by atoms with Gasteiger partial charge in [-0.3, -0.25) is 9.59 Å². The number of carboxylic acid groups (broad SMARTS) is 1. The van der Waals surface area contributed by atoms with Crippen LogP contribution in [0.3, 0.4) is 0 Å². The summed E-state index contributed by atoms with van der Waals surface area (Å²) in [5, 5.41) is 9.25. The Bertz CT molecular complexity index is 1430. The minimum Gasteiger partial charge on any atom is -0.481 e. The molecule has 0 unspecified atom stereocenters. The number of likely N-dealkylation sites (tertiary alicyclic amines) is 1. The van der Waals surface area contributed by atoms with Crippen molar-refractivity contribution in [3.63, 3.8) is 0 Å². The first kappa shape index (κ1) is 32.7. The lowest BCUT2D eigenvalue weighted by Gasteiger charge is -2.33. The smallest absolute Gasteiger partial charge is 0.435 e. The van der Waals surface area contributed by atoms with Crippen molar-refractivity contribution in [2.24, 2.45) is 11.8 Å². The normalized spacial score (nSPS) is 23.8. The number of carbonyl (C=O) groups excluding carboxylic acids is 1. The molecule has 6 nitrogen and oxygen atoms in total. The summed E-state index contributed by atoms with van der Waals surface area (Å²) >= 11 is 0. The third-order valence-corrected chi connectivity index (χ3v) is 11.2. The zero-order valence-corrected chi connectivity index (χ0v) is 23.8. The number of nitrogens with zero attached hydrogens (tertiary/aromatic N) is 1. The fourth-order valence-corrected chi connectivity index (χ4v) is 8.13. The lowest BCUT2D eigenvalue weighted by molar-refractivity contribution is -0.348. The molecule has 43 heavy (non-hydrogen) atoms. The van der Waals surface area contributed by atoms with Crippen LogP contribution >= 0.6 is 0 Å². The maximum Gasteiger partial charge on any atom is 0.435 e. The van der Waals surface area contributed by atoms with Crippen LogP contribution in [0.4, 0.5) is 30.7 Å². The second-order valence-corrected chi connectivity index (χ2v) is 13.4. The van der Waals surface area contributed by atoms with Crippen LogP contribution in [0.1, 0.15) is 55.7 Å². The highest BCUT2D eigenvalue weighted by atomic mass is 32.2. The summed E-state index contributed by atoms with van der Waals surface area (Å²) in [5.74, 6) is -2.53. The van der Waals surface area contributed by atoms with Gasteiger partial charge in [0.2, 0.25) is 5.91 Å². The molecule has 2 aromatic carbocycles. The number of alkyl halides is 7. The second-order valence-electron chi connectivity index (χ2n) is 11.1. The molecule has 0 spiro atoms. The van der Waals surface area contributed by atoms with Crippen molar-refractivity contribution in [3.05, 3.63) is 65.2 Å². The molecule has 0 bridgehead atoms. The number of carboxylic acids is 1. The third kappa shape index (κ3) is 5.62. The van der Waals surface area contributed by atoms with Crippen LogP contribution in [-0.4, -0.2) is 55.7 Å². The zero-order valence-electron chi connectivity index (χ0n) is 23.0. The van der Waals surface area contributed by atoms with Crippen molar-refractivity contribution < 1.29 is 53.8 Å². The quantitative estimate of drug-likeness (QED) is 0.359. The number of rotatable bonds is 7. The third-order valence-electron chi connectivity index (χ3n) is 8.72. The Morgan fingerprint density at radius 1 is 0.860 bits per heavy atom. The van der Waals surface area contributed by atoms with Gasteiger partial charge < -0.3 is 10.0 Å². The standard InChI is InChI=1S/C29H30F7NO5S/c1-2-18-3-13-23(14-4-18)43(41,42)26(15-16-37(17-26)24(38)19-5-7-20(8-6-19)25(39)40)21-9-11-22(12-10-21)27(30,28(31,32)33)29(34,35)36/h3-4,9-14,19-20H,2,5-8,15-17H2,1H3,(H,39,40)/t19-,20-,26-/m0/s1. The van der Waals surface area contributed by atoms with Crippen LogP contribution in [-0.2, 0) is 36.3 Å². The molecule has 1 saturated heterocycles. The number of aryl methyl sites for hydroxylation is 1. The molecule has 2 fully saturated rings. The number of hydrogen-bond donors (Lipinski definition) is 1. The molecule has 2 aliphatic rings. The summed E-state index contributed by atoms with van der Waals surface area (Å²) in [5.41, 5.74) is -6.81. The van der Waals surface area contributed by atoms with E-state index in [-0.39, 0.29) is 61.2 Å². The molecule has 14 heteroatoms. The van der Waals surface area contributed by atoms with Crippen LogP contribution in [0.2, 0.25) is 0 Å². The molecule has 1 amide bonds. The number of sulfone groups is 1. The molecule has 1 heterocycles. The summed E-state index contributed by atoms with van der Waals surface area (Å²) < 4.78 is 121. The SMILES string of the molecule is CCc1ccc(S(=O)(=O)[C@@]2(c3ccc(C(F)(C(F)(F)F)C(F)(F)F)cc3)CCN(C(=O)[C@H]3CC[C@H](C(=O)O)CC3)C2)cc1. The summed E-state index contributed by atoms with van der Waals surface area (Å²) in [6, 6.07) is 7.90. The number of carbonyl (C=O) groups is 2. The summed E-state index contributed by atoms with van der Waals surface area (Å²) in [7, 11) is -4.41. The van der Waals surface area contributed by atoms with E-state index in [1.54, 1.807) is 12.1 Å². The van der Waals surface area contributed by atoms with Crippen molar-refractivity contribution in [2.75, 3.05) is 13.1 Å².